The van der Waals surface area contributed by atoms with Crippen LogP contribution in [0.1, 0.15) is 75.7 Å². The summed E-state index contributed by atoms with van der Waals surface area (Å²) in [7, 11) is -3.88. The average Bonchev–Trinajstić information content (AvgIpc) is 2.47. The first-order valence-electron chi connectivity index (χ1n) is 11.0. The summed E-state index contributed by atoms with van der Waals surface area (Å²) in [6, 6.07) is 0. The van der Waals surface area contributed by atoms with E-state index in [2.05, 4.69) is 88.5 Å². The Kier molecular flexibility index (Phi) is 10.0. The van der Waals surface area contributed by atoms with Crippen molar-refractivity contribution in [2.24, 2.45) is 10.8 Å². The molecular weight excluding hydrogens is 412 g/mol. The zero-order valence-corrected chi connectivity index (χ0v) is 24.8. The first kappa shape index (κ1) is 29.4. The molecule has 0 aliphatic rings. The lowest BCUT2D eigenvalue weighted by atomic mass is 9.94. The fourth-order valence-corrected chi connectivity index (χ4v) is 5.49. The van der Waals surface area contributed by atoms with Crippen molar-refractivity contribution in [3.8, 4) is 0 Å². The predicted octanol–water partition coefficient (Wildman–Crippen LogP) is 7.73. The Balaban J connectivity index is 5.43. The minimum Gasteiger partial charge on any atom is -0.416 e. The van der Waals surface area contributed by atoms with Gasteiger partial charge in [0, 0.05) is 19.0 Å². The number of rotatable bonds is 9. The molecule has 0 fully saturated rings. The van der Waals surface area contributed by atoms with Gasteiger partial charge in [0.2, 0.25) is 0 Å². The summed E-state index contributed by atoms with van der Waals surface area (Å²) >= 11 is 1.46. The van der Waals surface area contributed by atoms with E-state index in [1.807, 2.05) is 6.92 Å². The Hall–Kier alpha value is 0.374. The van der Waals surface area contributed by atoms with Crippen LogP contribution in [-0.2, 0) is 13.6 Å². The van der Waals surface area contributed by atoms with Crippen LogP contribution in [0.15, 0.2) is 0 Å². The molecule has 29 heavy (non-hydrogen) atoms. The Labute approximate surface area is 188 Å². The van der Waals surface area contributed by atoms with E-state index >= 15 is 0 Å². The molecule has 0 bridgehead atoms. The minimum absolute atomic E-state index is 0.122. The van der Waals surface area contributed by atoms with Crippen molar-refractivity contribution in [2.75, 3.05) is 19.0 Å². The van der Waals surface area contributed by atoms with Crippen LogP contribution < -0.4 is 0 Å². The molecule has 0 heterocycles. The van der Waals surface area contributed by atoms with Crippen molar-refractivity contribution in [3.63, 3.8) is 0 Å². The maximum atomic E-state index is 13.3. The van der Waals surface area contributed by atoms with Gasteiger partial charge in [-0.05, 0) is 55.0 Å². The molecule has 0 N–H and O–H groups in total. The van der Waals surface area contributed by atoms with Crippen LogP contribution in [-0.4, -0.2) is 40.7 Å². The van der Waals surface area contributed by atoms with Crippen LogP contribution in [0, 0.1) is 10.8 Å². The van der Waals surface area contributed by atoms with E-state index in [4.69, 9.17) is 8.85 Å². The predicted molar refractivity (Wildman–Crippen MR) is 136 cm³/mol. The monoisotopic (exact) mass is 462 g/mol. The van der Waals surface area contributed by atoms with Gasteiger partial charge in [-0.15, -0.1) is 0 Å². The van der Waals surface area contributed by atoms with E-state index in [9.17, 15) is 4.79 Å². The summed E-state index contributed by atoms with van der Waals surface area (Å²) in [4.78, 5) is 13.3. The van der Waals surface area contributed by atoms with Crippen LogP contribution in [0.25, 0.3) is 0 Å². The van der Waals surface area contributed by atoms with Gasteiger partial charge in [0.15, 0.2) is 21.8 Å². The molecule has 0 aromatic rings. The quantitative estimate of drug-likeness (QED) is 0.328. The summed E-state index contributed by atoms with van der Waals surface area (Å²) in [6.07, 6.45) is 1.02. The highest BCUT2D eigenvalue weighted by Crippen LogP contribution is 2.41. The zero-order chi connectivity index (χ0) is 23.5. The highest BCUT2D eigenvalue weighted by Gasteiger charge is 2.44. The van der Waals surface area contributed by atoms with Gasteiger partial charge in [-0.1, -0.05) is 74.1 Å². The lowest BCUT2D eigenvalue weighted by Gasteiger charge is -2.42. The van der Waals surface area contributed by atoms with Crippen molar-refractivity contribution in [1.29, 1.82) is 0 Å². The molecule has 174 valence electrons. The molecule has 0 aliphatic heterocycles. The summed E-state index contributed by atoms with van der Waals surface area (Å²) < 4.78 is 13.0. The van der Waals surface area contributed by atoms with Crippen molar-refractivity contribution in [3.05, 3.63) is 0 Å². The van der Waals surface area contributed by atoms with Gasteiger partial charge in [-0.2, -0.15) is 0 Å². The molecule has 0 aromatic carbocycles. The molecule has 0 aromatic heterocycles. The molecular formula is C23H50O3SSi2. The Morgan fingerprint density at radius 2 is 1.07 bits per heavy atom. The Bertz CT molecular complexity index is 508. The van der Waals surface area contributed by atoms with Crippen molar-refractivity contribution >= 4 is 33.5 Å². The first-order chi connectivity index (χ1) is 12.5. The molecule has 0 spiro atoms. The molecule has 0 aliphatic carbocycles. The zero-order valence-electron chi connectivity index (χ0n) is 22.0. The Morgan fingerprint density at radius 3 is 1.34 bits per heavy atom. The maximum absolute atomic E-state index is 13.3. The molecule has 0 rings (SSSR count). The standard InChI is InChI=1S/C23H50O3SSi2/c1-20(2,3)15-16-27-19(24)23(10,17-25-28(11,12)21(4,5)6)18-26-29(13,14)22(7,8)9/h15-18H2,1-14H3. The second-order valence-electron chi connectivity index (χ2n) is 13.1. The van der Waals surface area contributed by atoms with E-state index in [1.165, 1.54) is 11.8 Å². The lowest BCUT2D eigenvalue weighted by molar-refractivity contribution is -0.122. The van der Waals surface area contributed by atoms with Gasteiger partial charge in [-0.3, -0.25) is 4.79 Å². The lowest BCUT2D eigenvalue weighted by Crippen LogP contribution is -2.49. The number of carbonyl (C=O) groups is 1. The highest BCUT2D eigenvalue weighted by molar-refractivity contribution is 8.13. The van der Waals surface area contributed by atoms with E-state index in [1.54, 1.807) is 0 Å². The van der Waals surface area contributed by atoms with Gasteiger partial charge in [-0.25, -0.2) is 0 Å². The normalized spacial score (nSPS) is 15.0. The summed E-state index contributed by atoms with van der Waals surface area (Å²) in [6.45, 7) is 32.0. The van der Waals surface area contributed by atoms with E-state index in [0.717, 1.165) is 12.2 Å². The summed E-state index contributed by atoms with van der Waals surface area (Å²) in [5, 5.41) is 0.451. The molecule has 0 atom stereocenters. The first-order valence-corrected chi connectivity index (χ1v) is 17.8. The fraction of sp³-hybridized carbons (Fsp3) is 0.957. The third-order valence-corrected chi connectivity index (χ3v) is 16.8. The summed E-state index contributed by atoms with van der Waals surface area (Å²) in [5.74, 6) is 0.845. The molecule has 0 saturated carbocycles. The highest BCUT2D eigenvalue weighted by atomic mass is 32.2. The molecule has 0 saturated heterocycles. The van der Waals surface area contributed by atoms with Crippen molar-refractivity contribution in [1.82, 2.24) is 0 Å². The smallest absolute Gasteiger partial charge is 0.199 e. The van der Waals surface area contributed by atoms with Crippen LogP contribution in [0.3, 0.4) is 0 Å². The fourth-order valence-electron chi connectivity index (χ4n) is 1.90. The van der Waals surface area contributed by atoms with Gasteiger partial charge in [0.05, 0.1) is 5.41 Å². The molecule has 0 radical (unpaired) electrons. The number of thioether (sulfide) groups is 1. The second kappa shape index (κ2) is 9.89. The van der Waals surface area contributed by atoms with Gasteiger partial charge < -0.3 is 8.85 Å². The number of hydrogen-bond donors (Lipinski definition) is 0. The van der Waals surface area contributed by atoms with Crippen LogP contribution in [0.4, 0.5) is 0 Å². The average molecular weight is 463 g/mol. The van der Waals surface area contributed by atoms with Gasteiger partial charge >= 0.3 is 0 Å². The maximum Gasteiger partial charge on any atom is 0.199 e. The number of hydrogen-bond acceptors (Lipinski definition) is 4. The molecule has 6 heteroatoms. The number of carbonyl (C=O) groups excluding carboxylic acids is 1. The topological polar surface area (TPSA) is 35.5 Å². The van der Waals surface area contributed by atoms with E-state index < -0.39 is 22.0 Å². The van der Waals surface area contributed by atoms with Crippen LogP contribution in [0.5, 0.6) is 0 Å². The van der Waals surface area contributed by atoms with Crippen molar-refractivity contribution < 1.29 is 13.6 Å². The summed E-state index contributed by atoms with van der Waals surface area (Å²) in [5.41, 5.74) is -0.382. The molecule has 0 unspecified atom stereocenters. The van der Waals surface area contributed by atoms with E-state index in [0.29, 0.717) is 13.2 Å². The second-order valence-corrected chi connectivity index (χ2v) is 23.8. The Morgan fingerprint density at radius 1 is 0.724 bits per heavy atom. The third kappa shape index (κ3) is 9.59. The van der Waals surface area contributed by atoms with Gasteiger partial charge in [0.25, 0.3) is 0 Å². The SMILES string of the molecule is CC(C)(C)CCSC(=O)C(C)(CO[Si](C)(C)C(C)(C)C)CO[Si](C)(C)C(C)(C)C. The van der Waals surface area contributed by atoms with Gasteiger partial charge in [0.1, 0.15) is 0 Å². The molecule has 0 amide bonds. The minimum atomic E-state index is -1.94. The van der Waals surface area contributed by atoms with Crippen LogP contribution in [0.2, 0.25) is 36.3 Å². The molecule has 3 nitrogen and oxygen atoms in total. The largest absolute Gasteiger partial charge is 0.416 e. The van der Waals surface area contributed by atoms with Crippen LogP contribution >= 0.6 is 11.8 Å². The van der Waals surface area contributed by atoms with Crippen molar-refractivity contribution in [2.45, 2.75) is 112 Å². The third-order valence-electron chi connectivity index (χ3n) is 6.69. The van der Waals surface area contributed by atoms with E-state index in [-0.39, 0.29) is 20.6 Å².